The minimum atomic E-state index is -0.0817. The number of hydrogen-bond donors (Lipinski definition) is 2. The van der Waals surface area contributed by atoms with Crippen LogP contribution in [0.25, 0.3) is 22.0 Å². The predicted molar refractivity (Wildman–Crippen MR) is 108 cm³/mol. The van der Waals surface area contributed by atoms with Crippen molar-refractivity contribution < 1.29 is 9.21 Å². The van der Waals surface area contributed by atoms with Crippen LogP contribution < -0.4 is 5.73 Å². The molecule has 3 N–H and O–H groups in total. The first-order valence-corrected chi connectivity index (χ1v) is 9.60. The molecule has 2 aromatic heterocycles. The maximum absolute atomic E-state index is 13.0. The normalized spacial score (nSPS) is 17.0. The van der Waals surface area contributed by atoms with E-state index in [1.54, 1.807) is 11.0 Å². The smallest absolute Gasteiger partial charge is 0.312 e. The summed E-state index contributed by atoms with van der Waals surface area (Å²) in [6.07, 6.45) is 1.75. The molecule has 0 radical (unpaired) electrons. The number of fused-ring (bicyclic) bond motifs is 1. The maximum atomic E-state index is 13.0. The minimum absolute atomic E-state index is 0.000351. The molecule has 1 unspecified atom stereocenters. The molecular weight excluding hydrogens is 368 g/mol. The van der Waals surface area contributed by atoms with E-state index in [0.717, 1.165) is 29.5 Å². The third-order valence-corrected chi connectivity index (χ3v) is 5.37. The van der Waals surface area contributed by atoms with Crippen molar-refractivity contribution in [3.05, 3.63) is 60.1 Å². The Morgan fingerprint density at radius 2 is 2.00 bits per heavy atom. The fourth-order valence-corrected chi connectivity index (χ4v) is 3.87. The van der Waals surface area contributed by atoms with Gasteiger partial charge in [-0.25, -0.2) is 0 Å². The lowest BCUT2D eigenvalue weighted by atomic mass is 9.97. The second kappa shape index (κ2) is 7.05. The maximum Gasteiger partial charge on any atom is 0.312 e. The molecule has 3 heterocycles. The van der Waals surface area contributed by atoms with E-state index in [9.17, 15) is 4.79 Å². The largest absolute Gasteiger partial charge is 0.408 e. The summed E-state index contributed by atoms with van der Waals surface area (Å²) in [7, 11) is 0. The summed E-state index contributed by atoms with van der Waals surface area (Å²) in [4.78, 5) is 14.8. The van der Waals surface area contributed by atoms with E-state index in [-0.39, 0.29) is 17.8 Å². The van der Waals surface area contributed by atoms with E-state index in [0.29, 0.717) is 24.7 Å². The molecule has 8 heteroatoms. The van der Waals surface area contributed by atoms with Gasteiger partial charge in [0.2, 0.25) is 5.89 Å². The number of likely N-dealkylation sites (tertiary alicyclic amines) is 1. The standard InChI is InChI=1S/C21H20N6O2/c22-21-26-25-19(29-21)16-6-3-9-27(12-16)20(28)18-11-17(23-24-18)15-8-7-13-4-1-2-5-14(13)10-15/h1-2,4-5,7-8,10-11,16H,3,6,9,12H2,(H2,22,26)(H,23,24). The molecule has 5 rings (SSSR count). The fraction of sp³-hybridized carbons (Fsp3) is 0.238. The second-order valence-corrected chi connectivity index (χ2v) is 7.30. The van der Waals surface area contributed by atoms with Gasteiger partial charge in [-0.2, -0.15) is 5.10 Å². The predicted octanol–water partition coefficient (Wildman–Crippen LogP) is 3.21. The Bertz CT molecular complexity index is 1180. The summed E-state index contributed by atoms with van der Waals surface area (Å²) in [5.41, 5.74) is 7.72. The van der Waals surface area contributed by atoms with Crippen LogP contribution in [0.1, 0.15) is 35.1 Å². The summed E-state index contributed by atoms with van der Waals surface area (Å²) in [5.74, 6) is 0.406. The van der Waals surface area contributed by atoms with Crippen LogP contribution in [0.2, 0.25) is 0 Å². The lowest BCUT2D eigenvalue weighted by Gasteiger charge is -2.30. The number of amides is 1. The molecule has 1 amide bonds. The van der Waals surface area contributed by atoms with Gasteiger partial charge >= 0.3 is 6.01 Å². The molecule has 0 aliphatic carbocycles. The Balaban J connectivity index is 1.35. The molecule has 8 nitrogen and oxygen atoms in total. The molecule has 0 spiro atoms. The highest BCUT2D eigenvalue weighted by atomic mass is 16.4. The van der Waals surface area contributed by atoms with Crippen molar-refractivity contribution in [3.63, 3.8) is 0 Å². The first-order chi connectivity index (χ1) is 14.2. The zero-order valence-corrected chi connectivity index (χ0v) is 15.7. The van der Waals surface area contributed by atoms with Gasteiger partial charge in [-0.15, -0.1) is 5.10 Å². The Morgan fingerprint density at radius 3 is 2.83 bits per heavy atom. The van der Waals surface area contributed by atoms with Crippen molar-refractivity contribution >= 4 is 22.7 Å². The SMILES string of the molecule is Nc1nnc(C2CCCN(C(=O)c3cc(-c4ccc5ccccc5c4)n[nH]3)C2)o1. The van der Waals surface area contributed by atoms with Gasteiger partial charge in [0.15, 0.2) is 0 Å². The van der Waals surface area contributed by atoms with Crippen LogP contribution in [-0.4, -0.2) is 44.3 Å². The number of benzene rings is 2. The van der Waals surface area contributed by atoms with Crippen LogP contribution in [0.15, 0.2) is 52.9 Å². The summed E-state index contributed by atoms with van der Waals surface area (Å²) in [6.45, 7) is 1.20. The van der Waals surface area contributed by atoms with Crippen LogP contribution in [0.4, 0.5) is 6.01 Å². The molecule has 2 aromatic carbocycles. The van der Waals surface area contributed by atoms with Crippen molar-refractivity contribution in [1.29, 1.82) is 0 Å². The lowest BCUT2D eigenvalue weighted by molar-refractivity contribution is 0.0692. The molecule has 1 aliphatic heterocycles. The number of rotatable bonds is 3. The molecular formula is C21H20N6O2. The van der Waals surface area contributed by atoms with E-state index in [2.05, 4.69) is 44.7 Å². The monoisotopic (exact) mass is 388 g/mol. The lowest BCUT2D eigenvalue weighted by Crippen LogP contribution is -2.39. The molecule has 1 fully saturated rings. The van der Waals surface area contributed by atoms with Crippen LogP contribution in [0, 0.1) is 0 Å². The second-order valence-electron chi connectivity index (χ2n) is 7.30. The molecule has 0 bridgehead atoms. The van der Waals surface area contributed by atoms with Crippen LogP contribution >= 0.6 is 0 Å². The topological polar surface area (TPSA) is 114 Å². The Hall–Kier alpha value is -3.68. The number of nitrogens with two attached hydrogens (primary N) is 1. The molecule has 1 atom stereocenters. The van der Waals surface area contributed by atoms with Crippen LogP contribution in [0.3, 0.4) is 0 Å². The number of nitrogens with zero attached hydrogens (tertiary/aromatic N) is 4. The third kappa shape index (κ3) is 3.33. The number of piperidine rings is 1. The number of hydrogen-bond acceptors (Lipinski definition) is 6. The van der Waals surface area contributed by atoms with Crippen molar-refractivity contribution in [2.45, 2.75) is 18.8 Å². The van der Waals surface area contributed by atoms with Crippen LogP contribution in [-0.2, 0) is 0 Å². The van der Waals surface area contributed by atoms with Gasteiger partial charge in [0.1, 0.15) is 5.69 Å². The fourth-order valence-electron chi connectivity index (χ4n) is 3.87. The van der Waals surface area contributed by atoms with Crippen molar-refractivity contribution in [3.8, 4) is 11.3 Å². The van der Waals surface area contributed by atoms with Gasteiger partial charge in [0.05, 0.1) is 11.6 Å². The van der Waals surface area contributed by atoms with Crippen molar-refractivity contribution in [1.82, 2.24) is 25.3 Å². The highest BCUT2D eigenvalue weighted by molar-refractivity contribution is 5.94. The van der Waals surface area contributed by atoms with Gasteiger partial charge in [-0.05, 0) is 35.7 Å². The highest BCUT2D eigenvalue weighted by Crippen LogP contribution is 2.28. The van der Waals surface area contributed by atoms with Gasteiger partial charge in [-0.1, -0.05) is 41.5 Å². The minimum Gasteiger partial charge on any atom is -0.408 e. The molecule has 1 saturated heterocycles. The molecule has 1 aliphatic rings. The zero-order valence-electron chi connectivity index (χ0n) is 15.7. The number of nitrogen functional groups attached to an aromatic ring is 1. The third-order valence-electron chi connectivity index (χ3n) is 5.37. The average molecular weight is 388 g/mol. The number of aromatic nitrogens is 4. The first-order valence-electron chi connectivity index (χ1n) is 9.60. The Kier molecular flexibility index (Phi) is 4.23. The van der Waals surface area contributed by atoms with E-state index in [1.165, 1.54) is 5.39 Å². The zero-order chi connectivity index (χ0) is 19.8. The number of nitrogens with one attached hydrogen (secondary N) is 1. The summed E-state index contributed by atoms with van der Waals surface area (Å²) < 4.78 is 5.35. The molecule has 29 heavy (non-hydrogen) atoms. The number of anilines is 1. The molecule has 0 saturated carbocycles. The van der Waals surface area contributed by atoms with Crippen molar-refractivity contribution in [2.75, 3.05) is 18.8 Å². The number of carbonyl (C=O) groups excluding carboxylic acids is 1. The number of H-pyrrole nitrogens is 1. The van der Waals surface area contributed by atoms with E-state index in [1.807, 2.05) is 18.2 Å². The van der Waals surface area contributed by atoms with Crippen LogP contribution in [0.5, 0.6) is 0 Å². The average Bonchev–Trinajstić information content (AvgIpc) is 3.42. The van der Waals surface area contributed by atoms with E-state index in [4.69, 9.17) is 10.2 Å². The summed E-state index contributed by atoms with van der Waals surface area (Å²) in [6, 6.07) is 16.2. The summed E-state index contributed by atoms with van der Waals surface area (Å²) >= 11 is 0. The number of aromatic amines is 1. The quantitative estimate of drug-likeness (QED) is 0.557. The van der Waals surface area contributed by atoms with Gasteiger partial charge < -0.3 is 15.1 Å². The van der Waals surface area contributed by atoms with Crippen molar-refractivity contribution in [2.24, 2.45) is 0 Å². The van der Waals surface area contributed by atoms with Gasteiger partial charge in [0, 0.05) is 18.7 Å². The van der Waals surface area contributed by atoms with Gasteiger partial charge in [0.25, 0.3) is 5.91 Å². The van der Waals surface area contributed by atoms with E-state index >= 15 is 0 Å². The Morgan fingerprint density at radius 1 is 1.14 bits per heavy atom. The molecule has 4 aromatic rings. The molecule has 146 valence electrons. The summed E-state index contributed by atoms with van der Waals surface area (Å²) in [5, 5.41) is 17.3. The Labute approximate surface area is 166 Å². The number of carbonyl (C=O) groups is 1. The van der Waals surface area contributed by atoms with Gasteiger partial charge in [-0.3, -0.25) is 9.89 Å². The van der Waals surface area contributed by atoms with E-state index < -0.39 is 0 Å². The highest BCUT2D eigenvalue weighted by Gasteiger charge is 2.29. The first kappa shape index (κ1) is 17.4.